The topological polar surface area (TPSA) is 56.9 Å². The quantitative estimate of drug-likeness (QED) is 0.488. The molecule has 5 rings (SSSR count). The molecule has 1 aliphatic rings. The molecule has 0 aliphatic carbocycles. The van der Waals surface area contributed by atoms with Gasteiger partial charge in [0.15, 0.2) is 0 Å². The van der Waals surface area contributed by atoms with E-state index >= 15 is 0 Å². The van der Waals surface area contributed by atoms with Crippen LogP contribution in [0, 0.1) is 12.7 Å². The number of benzene rings is 2. The van der Waals surface area contributed by atoms with Gasteiger partial charge in [0.2, 0.25) is 10.8 Å². The van der Waals surface area contributed by atoms with Crippen molar-refractivity contribution in [3.8, 4) is 5.88 Å². The van der Waals surface area contributed by atoms with E-state index in [1.54, 1.807) is 0 Å². The minimum absolute atomic E-state index is 0.117. The highest BCUT2D eigenvalue weighted by molar-refractivity contribution is 7.17. The molecule has 2 aromatic heterocycles. The Morgan fingerprint density at radius 3 is 2.52 bits per heavy atom. The van der Waals surface area contributed by atoms with Crippen LogP contribution in [-0.4, -0.2) is 50.8 Å². The van der Waals surface area contributed by atoms with Crippen molar-refractivity contribution >= 4 is 33.6 Å². The average molecular weight is 458 g/mol. The number of halogens is 2. The van der Waals surface area contributed by atoms with Crippen LogP contribution < -0.4 is 4.90 Å². The number of anilines is 1. The zero-order valence-corrected chi connectivity index (χ0v) is 18.4. The molecule has 1 saturated heterocycles. The largest absolute Gasteiger partial charge is 0.492 e. The maximum atomic E-state index is 13.3. The van der Waals surface area contributed by atoms with Crippen LogP contribution in [0.4, 0.5) is 10.1 Å². The predicted octanol–water partition coefficient (Wildman–Crippen LogP) is 4.51. The van der Waals surface area contributed by atoms with Crippen LogP contribution in [0.3, 0.4) is 0 Å². The second-order valence-electron chi connectivity index (χ2n) is 7.60. The monoisotopic (exact) mass is 457 g/mol. The summed E-state index contributed by atoms with van der Waals surface area (Å²) in [5, 5.41) is 15.9. The lowest BCUT2D eigenvalue weighted by molar-refractivity contribution is 0.211. The van der Waals surface area contributed by atoms with Crippen LogP contribution in [0.15, 0.2) is 48.5 Å². The summed E-state index contributed by atoms with van der Waals surface area (Å²) in [4.78, 5) is 10.5. The number of thiazole rings is 1. The molecule has 1 aliphatic heterocycles. The Bertz CT molecular complexity index is 1220. The van der Waals surface area contributed by atoms with Crippen molar-refractivity contribution < 1.29 is 9.50 Å². The highest BCUT2D eigenvalue weighted by Gasteiger charge is 2.31. The number of hydrogen-bond donors (Lipinski definition) is 1. The second-order valence-corrected chi connectivity index (χ2v) is 9.05. The maximum Gasteiger partial charge on any atom is 0.230 e. The average Bonchev–Trinajstić information content (AvgIpc) is 3.27. The van der Waals surface area contributed by atoms with Crippen molar-refractivity contribution in [2.24, 2.45) is 0 Å². The van der Waals surface area contributed by atoms with E-state index in [1.807, 2.05) is 43.3 Å². The van der Waals surface area contributed by atoms with Gasteiger partial charge in [0.1, 0.15) is 11.6 Å². The van der Waals surface area contributed by atoms with Gasteiger partial charge >= 0.3 is 0 Å². The van der Waals surface area contributed by atoms with Gasteiger partial charge in [0.25, 0.3) is 0 Å². The van der Waals surface area contributed by atoms with Crippen LogP contribution in [-0.2, 0) is 0 Å². The number of hydrogen-bond acceptors (Lipinski definition) is 6. The Morgan fingerprint density at radius 2 is 1.84 bits per heavy atom. The minimum atomic E-state index is -0.231. The first kappa shape index (κ1) is 20.2. The van der Waals surface area contributed by atoms with Gasteiger partial charge in [-0.05, 0) is 48.9 Å². The van der Waals surface area contributed by atoms with Gasteiger partial charge in [-0.3, -0.25) is 4.90 Å². The van der Waals surface area contributed by atoms with E-state index in [0.29, 0.717) is 15.8 Å². The van der Waals surface area contributed by atoms with Gasteiger partial charge in [-0.25, -0.2) is 9.37 Å². The van der Waals surface area contributed by atoms with Gasteiger partial charge in [-0.2, -0.15) is 4.52 Å². The normalized spacial score (nSPS) is 16.2. The Labute approximate surface area is 188 Å². The summed E-state index contributed by atoms with van der Waals surface area (Å²) in [7, 11) is 0. The fourth-order valence-electron chi connectivity index (χ4n) is 4.12. The fourth-order valence-corrected chi connectivity index (χ4v) is 5.48. The van der Waals surface area contributed by atoms with Crippen LogP contribution in [0.1, 0.15) is 22.3 Å². The first-order chi connectivity index (χ1) is 15.0. The van der Waals surface area contributed by atoms with E-state index in [0.717, 1.165) is 42.3 Å². The first-order valence-corrected chi connectivity index (χ1v) is 11.2. The molecule has 0 radical (unpaired) electrons. The zero-order chi connectivity index (χ0) is 21.5. The highest BCUT2D eigenvalue weighted by atomic mass is 35.5. The fraction of sp³-hybridized carbons (Fsp3) is 0.273. The Morgan fingerprint density at radius 1 is 1.10 bits per heavy atom. The molecule has 6 nitrogen and oxygen atoms in total. The molecule has 0 amide bonds. The molecule has 1 N–H and O–H groups in total. The van der Waals surface area contributed by atoms with Crippen molar-refractivity contribution in [1.29, 1.82) is 0 Å². The van der Waals surface area contributed by atoms with E-state index in [2.05, 4.69) is 19.9 Å². The highest BCUT2D eigenvalue weighted by Crippen LogP contribution is 2.40. The summed E-state index contributed by atoms with van der Waals surface area (Å²) in [6.45, 7) is 4.95. The SMILES string of the molecule is Cc1nc2sc(C(c3cccc(Cl)c3)N3CCN(c4ccc(F)cc4)CC3)c(O)n2n1. The lowest BCUT2D eigenvalue weighted by Crippen LogP contribution is -2.47. The van der Waals surface area contributed by atoms with Gasteiger partial charge in [-0.1, -0.05) is 35.1 Å². The Hall–Kier alpha value is -2.68. The lowest BCUT2D eigenvalue weighted by atomic mass is 10.0. The molecule has 2 aromatic carbocycles. The van der Waals surface area contributed by atoms with Crippen molar-refractivity contribution in [1.82, 2.24) is 19.5 Å². The van der Waals surface area contributed by atoms with Crippen molar-refractivity contribution in [3.05, 3.63) is 75.6 Å². The number of nitrogens with zero attached hydrogens (tertiary/aromatic N) is 5. The van der Waals surface area contributed by atoms with E-state index in [1.165, 1.54) is 28.0 Å². The molecule has 1 fully saturated rings. The molecule has 4 aromatic rings. The molecule has 3 heterocycles. The summed E-state index contributed by atoms with van der Waals surface area (Å²) < 4.78 is 14.8. The number of aryl methyl sites for hydroxylation is 1. The van der Waals surface area contributed by atoms with E-state index in [4.69, 9.17) is 11.6 Å². The Balaban J connectivity index is 1.47. The first-order valence-electron chi connectivity index (χ1n) is 10.0. The third-order valence-corrected chi connectivity index (χ3v) is 6.90. The molecule has 9 heteroatoms. The van der Waals surface area contributed by atoms with Crippen molar-refractivity contribution in [2.45, 2.75) is 13.0 Å². The maximum absolute atomic E-state index is 13.3. The molecule has 0 saturated carbocycles. The van der Waals surface area contributed by atoms with E-state index in [9.17, 15) is 9.50 Å². The summed E-state index contributed by atoms with van der Waals surface area (Å²) in [5.41, 5.74) is 2.02. The molecular weight excluding hydrogens is 437 g/mol. The standard InChI is InChI=1S/C22H21ClFN5OS/c1-14-25-22-29(26-14)21(30)20(31-22)19(15-3-2-4-16(23)13-15)28-11-9-27(10-12-28)18-7-5-17(24)6-8-18/h2-8,13,19,30H,9-12H2,1H3. The lowest BCUT2D eigenvalue weighted by Gasteiger charge is -2.40. The van der Waals surface area contributed by atoms with E-state index in [-0.39, 0.29) is 17.7 Å². The van der Waals surface area contributed by atoms with Gasteiger partial charge in [0.05, 0.1) is 10.9 Å². The smallest absolute Gasteiger partial charge is 0.230 e. The number of piperazine rings is 1. The van der Waals surface area contributed by atoms with Crippen LogP contribution in [0.2, 0.25) is 5.02 Å². The van der Waals surface area contributed by atoms with Crippen LogP contribution >= 0.6 is 22.9 Å². The zero-order valence-electron chi connectivity index (χ0n) is 16.9. The number of aromatic nitrogens is 3. The molecule has 1 atom stereocenters. The number of aromatic hydroxyl groups is 1. The van der Waals surface area contributed by atoms with Gasteiger partial charge in [-0.15, -0.1) is 5.10 Å². The molecule has 0 spiro atoms. The van der Waals surface area contributed by atoms with Crippen LogP contribution in [0.5, 0.6) is 5.88 Å². The van der Waals surface area contributed by atoms with Crippen molar-refractivity contribution in [2.75, 3.05) is 31.1 Å². The van der Waals surface area contributed by atoms with Gasteiger partial charge in [0, 0.05) is 36.9 Å². The molecular formula is C22H21ClFN5OS. The summed E-state index contributed by atoms with van der Waals surface area (Å²) in [6, 6.07) is 14.2. The number of rotatable bonds is 4. The molecule has 160 valence electrons. The molecule has 1 unspecified atom stereocenters. The Kier molecular flexibility index (Phi) is 5.29. The van der Waals surface area contributed by atoms with Crippen LogP contribution in [0.25, 0.3) is 4.96 Å². The second kappa shape index (κ2) is 8.11. The summed E-state index contributed by atoms with van der Waals surface area (Å²) in [6.07, 6.45) is 0. The van der Waals surface area contributed by atoms with Gasteiger partial charge < -0.3 is 10.0 Å². The summed E-state index contributed by atoms with van der Waals surface area (Å²) in [5.74, 6) is 0.511. The molecule has 0 bridgehead atoms. The van der Waals surface area contributed by atoms with E-state index < -0.39 is 0 Å². The predicted molar refractivity (Wildman–Crippen MR) is 121 cm³/mol. The third kappa shape index (κ3) is 3.86. The van der Waals surface area contributed by atoms with Crippen molar-refractivity contribution in [3.63, 3.8) is 0 Å². The minimum Gasteiger partial charge on any atom is -0.492 e. The number of fused-ring (bicyclic) bond motifs is 1. The third-order valence-electron chi connectivity index (χ3n) is 5.59. The molecule has 31 heavy (non-hydrogen) atoms. The summed E-state index contributed by atoms with van der Waals surface area (Å²) >= 11 is 7.75.